The first-order valence-electron chi connectivity index (χ1n) is 4.94. The Kier molecular flexibility index (Phi) is 3.64. The molecule has 0 bridgehead atoms. The predicted octanol–water partition coefficient (Wildman–Crippen LogP) is 4.13. The van der Waals surface area contributed by atoms with Crippen LogP contribution in [0.4, 0.5) is 13.2 Å². The Labute approximate surface area is 111 Å². The number of benzene rings is 1. The first kappa shape index (κ1) is 13.4. The molecule has 0 atom stereocenters. The molecule has 0 spiro atoms. The molecule has 0 saturated heterocycles. The maximum absolute atomic E-state index is 12.5. The zero-order valence-corrected chi connectivity index (χ0v) is 10.4. The topological polar surface area (TPSA) is 25.8 Å². The fourth-order valence-corrected chi connectivity index (χ4v) is 1.95. The predicted molar refractivity (Wildman–Crippen MR) is 63.7 cm³/mol. The summed E-state index contributed by atoms with van der Waals surface area (Å²) < 4.78 is 37.6. The van der Waals surface area contributed by atoms with Gasteiger partial charge in [-0.1, -0.05) is 0 Å². The molecular weight excluding hydrogens is 288 g/mol. The summed E-state index contributed by atoms with van der Waals surface area (Å²) in [5.41, 5.74) is 0.655. The molecule has 0 amide bonds. The van der Waals surface area contributed by atoms with E-state index in [0.29, 0.717) is 16.9 Å². The highest BCUT2D eigenvalue weighted by Crippen LogP contribution is 2.31. The van der Waals surface area contributed by atoms with Crippen LogP contribution in [0.2, 0.25) is 0 Å². The Bertz CT molecular complexity index is 584. The molecular formula is C11H7Cl2F3N2. The van der Waals surface area contributed by atoms with Crippen molar-refractivity contribution in [3.05, 3.63) is 35.2 Å². The number of aromatic nitrogens is 2. The average molecular weight is 295 g/mol. The van der Waals surface area contributed by atoms with E-state index in [0.717, 1.165) is 12.1 Å². The second-order valence-electron chi connectivity index (χ2n) is 3.59. The van der Waals surface area contributed by atoms with Crippen LogP contribution in [-0.2, 0) is 17.9 Å². The molecule has 1 heterocycles. The van der Waals surface area contributed by atoms with E-state index < -0.39 is 11.7 Å². The van der Waals surface area contributed by atoms with Gasteiger partial charge in [0.15, 0.2) is 0 Å². The van der Waals surface area contributed by atoms with Crippen LogP contribution in [0.5, 0.6) is 0 Å². The Morgan fingerprint density at radius 2 is 1.50 bits per heavy atom. The van der Waals surface area contributed by atoms with Gasteiger partial charge in [-0.05, 0) is 18.2 Å². The quantitative estimate of drug-likeness (QED) is 0.779. The van der Waals surface area contributed by atoms with Gasteiger partial charge in [0, 0.05) is 0 Å². The van der Waals surface area contributed by atoms with Crippen LogP contribution in [0.15, 0.2) is 18.2 Å². The van der Waals surface area contributed by atoms with Crippen molar-refractivity contribution in [1.29, 1.82) is 0 Å². The Morgan fingerprint density at radius 3 is 2.00 bits per heavy atom. The average Bonchev–Trinajstić information content (AvgIpc) is 2.35. The molecule has 7 heteroatoms. The summed E-state index contributed by atoms with van der Waals surface area (Å²) in [6.07, 6.45) is -4.40. The Hall–Kier alpha value is -1.07. The standard InChI is InChI=1S/C11H7Cl2F3N2/c12-4-9-10(5-13)18-8-3-6(11(14,15)16)1-2-7(8)17-9/h1-3H,4-5H2. The zero-order chi connectivity index (χ0) is 13.3. The van der Waals surface area contributed by atoms with E-state index in [4.69, 9.17) is 23.2 Å². The van der Waals surface area contributed by atoms with Crippen molar-refractivity contribution < 1.29 is 13.2 Å². The van der Waals surface area contributed by atoms with E-state index >= 15 is 0 Å². The molecule has 0 unspecified atom stereocenters. The van der Waals surface area contributed by atoms with Gasteiger partial charge in [0.1, 0.15) is 0 Å². The summed E-state index contributed by atoms with van der Waals surface area (Å²) in [5, 5.41) is 0. The molecule has 0 aliphatic heterocycles. The van der Waals surface area contributed by atoms with Crippen molar-refractivity contribution in [3.8, 4) is 0 Å². The van der Waals surface area contributed by atoms with E-state index in [1.807, 2.05) is 0 Å². The van der Waals surface area contributed by atoms with Crippen LogP contribution in [-0.4, -0.2) is 9.97 Å². The number of hydrogen-bond donors (Lipinski definition) is 0. The maximum Gasteiger partial charge on any atom is 0.416 e. The third-order valence-corrected chi connectivity index (χ3v) is 2.91. The summed E-state index contributed by atoms with van der Waals surface area (Å²) in [4.78, 5) is 8.20. The molecule has 0 aliphatic carbocycles. The number of halogens is 5. The molecule has 2 nitrogen and oxygen atoms in total. The second kappa shape index (κ2) is 4.90. The molecule has 0 aliphatic rings. The highest BCUT2D eigenvalue weighted by molar-refractivity contribution is 6.18. The van der Waals surface area contributed by atoms with Crippen LogP contribution in [0.1, 0.15) is 17.0 Å². The van der Waals surface area contributed by atoms with Crippen molar-refractivity contribution in [2.45, 2.75) is 17.9 Å². The summed E-state index contributed by atoms with van der Waals surface area (Å²) in [7, 11) is 0. The summed E-state index contributed by atoms with van der Waals surface area (Å²) in [5.74, 6) is 0.174. The minimum atomic E-state index is -4.40. The normalized spacial score (nSPS) is 12.1. The van der Waals surface area contributed by atoms with Crippen LogP contribution < -0.4 is 0 Å². The fourth-order valence-electron chi connectivity index (χ4n) is 1.52. The first-order valence-corrected chi connectivity index (χ1v) is 6.01. The zero-order valence-electron chi connectivity index (χ0n) is 8.93. The van der Waals surface area contributed by atoms with Gasteiger partial charge in [-0.2, -0.15) is 13.2 Å². The lowest BCUT2D eigenvalue weighted by Crippen LogP contribution is -2.06. The minimum absolute atomic E-state index is 0.0568. The van der Waals surface area contributed by atoms with Gasteiger partial charge in [-0.15, -0.1) is 23.2 Å². The van der Waals surface area contributed by atoms with Gasteiger partial charge in [0.05, 0.1) is 39.7 Å². The summed E-state index contributed by atoms with van der Waals surface area (Å²) >= 11 is 11.3. The van der Waals surface area contributed by atoms with Gasteiger partial charge in [-0.3, -0.25) is 0 Å². The highest BCUT2D eigenvalue weighted by Gasteiger charge is 2.30. The van der Waals surface area contributed by atoms with E-state index in [2.05, 4.69) is 9.97 Å². The maximum atomic E-state index is 12.5. The Balaban J connectivity index is 2.63. The molecule has 2 aromatic rings. The monoisotopic (exact) mass is 294 g/mol. The molecule has 1 aromatic carbocycles. The first-order chi connectivity index (χ1) is 8.45. The lowest BCUT2D eigenvalue weighted by atomic mass is 10.2. The number of nitrogens with zero attached hydrogens (tertiary/aromatic N) is 2. The lowest BCUT2D eigenvalue weighted by Gasteiger charge is -2.09. The molecule has 0 saturated carbocycles. The largest absolute Gasteiger partial charge is 0.416 e. The summed E-state index contributed by atoms with van der Waals surface area (Å²) in [6, 6.07) is 3.20. The van der Waals surface area contributed by atoms with Gasteiger partial charge < -0.3 is 0 Å². The van der Waals surface area contributed by atoms with Crippen molar-refractivity contribution in [1.82, 2.24) is 9.97 Å². The van der Waals surface area contributed by atoms with Gasteiger partial charge in [-0.25, -0.2) is 9.97 Å². The van der Waals surface area contributed by atoms with Gasteiger partial charge >= 0.3 is 6.18 Å². The fraction of sp³-hybridized carbons (Fsp3) is 0.273. The minimum Gasteiger partial charge on any atom is -0.248 e. The number of hydrogen-bond acceptors (Lipinski definition) is 2. The summed E-state index contributed by atoms with van der Waals surface area (Å²) in [6.45, 7) is 0. The van der Waals surface area contributed by atoms with Crippen molar-refractivity contribution in [2.75, 3.05) is 0 Å². The van der Waals surface area contributed by atoms with E-state index in [9.17, 15) is 13.2 Å². The van der Waals surface area contributed by atoms with E-state index in [1.54, 1.807) is 0 Å². The van der Waals surface area contributed by atoms with Crippen LogP contribution in [0.3, 0.4) is 0 Å². The van der Waals surface area contributed by atoms with Gasteiger partial charge in [0.2, 0.25) is 0 Å². The van der Waals surface area contributed by atoms with Crippen LogP contribution >= 0.6 is 23.2 Å². The molecule has 18 heavy (non-hydrogen) atoms. The van der Waals surface area contributed by atoms with E-state index in [1.165, 1.54) is 6.07 Å². The number of alkyl halides is 5. The molecule has 1 aromatic heterocycles. The van der Waals surface area contributed by atoms with Crippen molar-refractivity contribution >= 4 is 34.2 Å². The lowest BCUT2D eigenvalue weighted by molar-refractivity contribution is -0.137. The van der Waals surface area contributed by atoms with Crippen molar-refractivity contribution in [2.24, 2.45) is 0 Å². The van der Waals surface area contributed by atoms with Crippen LogP contribution in [0.25, 0.3) is 11.0 Å². The third-order valence-electron chi connectivity index (χ3n) is 2.40. The second-order valence-corrected chi connectivity index (χ2v) is 4.12. The third kappa shape index (κ3) is 2.52. The van der Waals surface area contributed by atoms with Crippen LogP contribution in [0, 0.1) is 0 Å². The molecule has 0 N–H and O–H groups in total. The molecule has 0 fully saturated rings. The number of fused-ring (bicyclic) bond motifs is 1. The number of rotatable bonds is 2. The van der Waals surface area contributed by atoms with Crippen molar-refractivity contribution in [3.63, 3.8) is 0 Å². The smallest absolute Gasteiger partial charge is 0.248 e. The highest BCUT2D eigenvalue weighted by atomic mass is 35.5. The SMILES string of the molecule is FC(F)(F)c1ccc2nc(CCl)c(CCl)nc2c1. The Morgan fingerprint density at radius 1 is 0.944 bits per heavy atom. The van der Waals surface area contributed by atoms with E-state index in [-0.39, 0.29) is 17.3 Å². The van der Waals surface area contributed by atoms with Gasteiger partial charge in [0.25, 0.3) is 0 Å². The molecule has 0 radical (unpaired) electrons. The molecule has 2 rings (SSSR count). The molecule has 96 valence electrons.